The van der Waals surface area contributed by atoms with Gasteiger partial charge in [-0.1, -0.05) is 23.9 Å². The molecule has 0 aliphatic carbocycles. The van der Waals surface area contributed by atoms with Crippen LogP contribution in [0.1, 0.15) is 34.7 Å². The topological polar surface area (TPSA) is 92.7 Å². The molecule has 4 rings (SSSR count). The Balaban J connectivity index is 1.51. The Labute approximate surface area is 154 Å². The molecule has 2 N–H and O–H groups in total. The van der Waals surface area contributed by atoms with E-state index in [-0.39, 0.29) is 22.9 Å². The highest BCUT2D eigenvalue weighted by Crippen LogP contribution is 2.30. The van der Waals surface area contributed by atoms with E-state index in [4.69, 9.17) is 0 Å². The van der Waals surface area contributed by atoms with Gasteiger partial charge in [-0.2, -0.15) is 0 Å². The van der Waals surface area contributed by atoms with Gasteiger partial charge in [0.15, 0.2) is 0 Å². The molecule has 1 amide bonds. The number of carbonyl (C=O) groups is 1. The van der Waals surface area contributed by atoms with Crippen LogP contribution in [0.3, 0.4) is 0 Å². The molecule has 0 saturated carbocycles. The zero-order chi connectivity index (χ0) is 18.3. The van der Waals surface area contributed by atoms with Gasteiger partial charge in [0, 0.05) is 29.9 Å². The van der Waals surface area contributed by atoms with Crippen LogP contribution in [0, 0.1) is 6.92 Å². The van der Waals surface area contributed by atoms with Crippen molar-refractivity contribution in [2.45, 2.75) is 31.5 Å². The summed E-state index contributed by atoms with van der Waals surface area (Å²) in [7, 11) is 0. The Hall–Kier alpha value is -2.61. The lowest BCUT2D eigenvalue weighted by Gasteiger charge is -2.12. The van der Waals surface area contributed by atoms with Crippen LogP contribution in [0.5, 0.6) is 0 Å². The summed E-state index contributed by atoms with van der Waals surface area (Å²) in [6.07, 6.45) is 2.58. The fourth-order valence-electron chi connectivity index (χ4n) is 3.37. The molecular formula is C18H19N5O2S. The third-order valence-electron chi connectivity index (χ3n) is 4.57. The van der Waals surface area contributed by atoms with Crippen molar-refractivity contribution in [2.75, 3.05) is 12.3 Å². The fourth-order valence-corrected chi connectivity index (χ4v) is 4.06. The number of aryl methyl sites for hydroxylation is 1. The van der Waals surface area contributed by atoms with Gasteiger partial charge in [0.05, 0.1) is 5.52 Å². The van der Waals surface area contributed by atoms with Crippen molar-refractivity contribution in [2.24, 2.45) is 0 Å². The summed E-state index contributed by atoms with van der Waals surface area (Å²) in [6.45, 7) is 4.37. The zero-order valence-electron chi connectivity index (χ0n) is 14.6. The zero-order valence-corrected chi connectivity index (χ0v) is 15.4. The van der Waals surface area contributed by atoms with Gasteiger partial charge in [0.1, 0.15) is 11.4 Å². The standard InChI is InChI=1S/C18H19N5O2S/c1-10-8-12-4-3-5-13-15(12)23(10)9-14(16(13)24)17(25)19-6-7-26-18-20-11(2)21-22-18/h3-5,9-10H,6-8H2,1-2H3,(H,19,25)(H,20,21,22). The van der Waals surface area contributed by atoms with E-state index in [1.807, 2.05) is 23.6 Å². The maximum absolute atomic E-state index is 12.8. The number of amides is 1. The van der Waals surface area contributed by atoms with Gasteiger partial charge in [-0.25, -0.2) is 4.98 Å². The summed E-state index contributed by atoms with van der Waals surface area (Å²) in [5.74, 6) is 1.05. The molecule has 1 aliphatic rings. The molecule has 3 aromatic rings. The Morgan fingerprint density at radius 1 is 1.46 bits per heavy atom. The minimum Gasteiger partial charge on any atom is -0.351 e. The molecule has 8 heteroatoms. The summed E-state index contributed by atoms with van der Waals surface area (Å²) < 4.78 is 2.05. The van der Waals surface area contributed by atoms with Crippen molar-refractivity contribution in [3.8, 4) is 0 Å². The number of hydrogen-bond donors (Lipinski definition) is 2. The number of para-hydroxylation sites is 1. The van der Waals surface area contributed by atoms with Crippen LogP contribution < -0.4 is 10.7 Å². The number of aromatic amines is 1. The molecule has 2 aromatic heterocycles. The van der Waals surface area contributed by atoms with Gasteiger partial charge in [0.25, 0.3) is 5.91 Å². The van der Waals surface area contributed by atoms with E-state index in [0.717, 1.165) is 23.3 Å². The number of hydrogen-bond acceptors (Lipinski definition) is 5. The second-order valence-electron chi connectivity index (χ2n) is 6.45. The van der Waals surface area contributed by atoms with Crippen molar-refractivity contribution in [3.63, 3.8) is 0 Å². The molecule has 0 bridgehead atoms. The van der Waals surface area contributed by atoms with Gasteiger partial charge in [-0.3, -0.25) is 14.7 Å². The maximum Gasteiger partial charge on any atom is 0.256 e. The predicted octanol–water partition coefficient (Wildman–Crippen LogP) is 2.07. The van der Waals surface area contributed by atoms with E-state index in [2.05, 4.69) is 27.4 Å². The highest BCUT2D eigenvalue weighted by Gasteiger charge is 2.24. The second kappa shape index (κ2) is 6.60. The number of pyridine rings is 1. The summed E-state index contributed by atoms with van der Waals surface area (Å²) in [6, 6.07) is 5.97. The number of thioether (sulfide) groups is 1. The first-order valence-electron chi connectivity index (χ1n) is 8.51. The van der Waals surface area contributed by atoms with Crippen LogP contribution in [-0.2, 0) is 6.42 Å². The first-order valence-corrected chi connectivity index (χ1v) is 9.50. The van der Waals surface area contributed by atoms with Crippen molar-refractivity contribution < 1.29 is 4.79 Å². The molecular weight excluding hydrogens is 350 g/mol. The van der Waals surface area contributed by atoms with E-state index >= 15 is 0 Å². The number of carbonyl (C=O) groups excluding carboxylic acids is 1. The molecule has 134 valence electrons. The van der Waals surface area contributed by atoms with E-state index in [1.54, 1.807) is 12.3 Å². The summed E-state index contributed by atoms with van der Waals surface area (Å²) in [4.78, 5) is 29.5. The largest absolute Gasteiger partial charge is 0.351 e. The predicted molar refractivity (Wildman–Crippen MR) is 101 cm³/mol. The van der Waals surface area contributed by atoms with Crippen LogP contribution in [-0.4, -0.2) is 38.0 Å². The van der Waals surface area contributed by atoms with Crippen molar-refractivity contribution >= 4 is 28.6 Å². The number of aromatic nitrogens is 4. The Bertz CT molecular complexity index is 1060. The molecule has 0 fully saturated rings. The monoisotopic (exact) mass is 369 g/mol. The average molecular weight is 369 g/mol. The van der Waals surface area contributed by atoms with Gasteiger partial charge >= 0.3 is 0 Å². The van der Waals surface area contributed by atoms with Crippen molar-refractivity contribution in [3.05, 3.63) is 51.6 Å². The van der Waals surface area contributed by atoms with Crippen LogP contribution in [0.25, 0.3) is 10.9 Å². The van der Waals surface area contributed by atoms with Gasteiger partial charge < -0.3 is 9.88 Å². The summed E-state index contributed by atoms with van der Waals surface area (Å²) >= 11 is 1.45. The van der Waals surface area contributed by atoms with E-state index in [1.165, 1.54) is 11.8 Å². The number of H-pyrrole nitrogens is 1. The number of nitrogens with one attached hydrogen (secondary N) is 2. The highest BCUT2D eigenvalue weighted by atomic mass is 32.2. The average Bonchev–Trinajstić information content (AvgIpc) is 3.18. The normalized spacial score (nSPS) is 15.5. The van der Waals surface area contributed by atoms with Crippen molar-refractivity contribution in [1.82, 2.24) is 25.1 Å². The molecule has 0 saturated heterocycles. The van der Waals surface area contributed by atoms with Crippen LogP contribution in [0.2, 0.25) is 0 Å². The van der Waals surface area contributed by atoms with Crippen molar-refractivity contribution in [1.29, 1.82) is 0 Å². The van der Waals surface area contributed by atoms with Crippen LogP contribution >= 0.6 is 11.8 Å². The lowest BCUT2D eigenvalue weighted by atomic mass is 10.1. The SMILES string of the molecule is Cc1nc(SCCNC(=O)c2cn3c4c(cccc4c2=O)CC3C)n[nH]1. The van der Waals surface area contributed by atoms with Crippen LogP contribution in [0.15, 0.2) is 34.3 Å². The summed E-state index contributed by atoms with van der Waals surface area (Å²) in [5, 5.41) is 10.9. The quantitative estimate of drug-likeness (QED) is 0.530. The van der Waals surface area contributed by atoms with Gasteiger partial charge in [-0.15, -0.1) is 5.10 Å². The Morgan fingerprint density at radius 3 is 3.08 bits per heavy atom. The van der Waals surface area contributed by atoms with Crippen LogP contribution in [0.4, 0.5) is 0 Å². The molecule has 1 aliphatic heterocycles. The lowest BCUT2D eigenvalue weighted by Crippen LogP contribution is -2.31. The fraction of sp³-hybridized carbons (Fsp3) is 0.333. The third-order valence-corrected chi connectivity index (χ3v) is 5.41. The number of rotatable bonds is 5. The molecule has 1 atom stereocenters. The van der Waals surface area contributed by atoms with E-state index in [9.17, 15) is 9.59 Å². The van der Waals surface area contributed by atoms with E-state index < -0.39 is 0 Å². The molecule has 1 aromatic carbocycles. The molecule has 7 nitrogen and oxygen atoms in total. The number of benzene rings is 1. The third kappa shape index (κ3) is 2.90. The Morgan fingerprint density at radius 2 is 2.31 bits per heavy atom. The number of nitrogens with zero attached hydrogens (tertiary/aromatic N) is 3. The molecule has 0 radical (unpaired) electrons. The highest BCUT2D eigenvalue weighted by molar-refractivity contribution is 7.99. The minimum atomic E-state index is -0.336. The second-order valence-corrected chi connectivity index (χ2v) is 7.52. The van der Waals surface area contributed by atoms with Gasteiger partial charge in [-0.05, 0) is 31.9 Å². The molecule has 3 heterocycles. The maximum atomic E-state index is 12.8. The summed E-state index contributed by atoms with van der Waals surface area (Å²) in [5.41, 5.74) is 2.11. The smallest absolute Gasteiger partial charge is 0.256 e. The van der Waals surface area contributed by atoms with Gasteiger partial charge in [0.2, 0.25) is 10.6 Å². The first kappa shape index (κ1) is 16.8. The molecule has 26 heavy (non-hydrogen) atoms. The molecule has 1 unspecified atom stereocenters. The molecule has 0 spiro atoms. The lowest BCUT2D eigenvalue weighted by molar-refractivity contribution is 0.0954. The first-order chi connectivity index (χ1) is 12.5. The minimum absolute atomic E-state index is 0.196. The Kier molecular flexibility index (Phi) is 4.28. The van der Waals surface area contributed by atoms with E-state index in [0.29, 0.717) is 22.8 Å².